The molecule has 2 heterocycles. The molecule has 0 spiro atoms. The standard InChI is InChI=1S/C13H13N3O3/c1-19-10-4-2-9(3-5-10)11-8-12(16(17)18)13-14-6-7-15(11)13/h2-5,8,14H,6-7H2,1H3. The van der Waals surface area contributed by atoms with Gasteiger partial charge in [-0.2, -0.15) is 0 Å². The summed E-state index contributed by atoms with van der Waals surface area (Å²) in [6.45, 7) is 1.46. The Morgan fingerprint density at radius 1 is 1.37 bits per heavy atom. The Morgan fingerprint density at radius 3 is 2.74 bits per heavy atom. The van der Waals surface area contributed by atoms with E-state index in [-0.39, 0.29) is 10.6 Å². The molecule has 0 saturated heterocycles. The number of nitrogens with one attached hydrogen (secondary N) is 1. The van der Waals surface area contributed by atoms with E-state index in [4.69, 9.17) is 4.74 Å². The lowest BCUT2D eigenvalue weighted by molar-refractivity contribution is -0.383. The number of nitro groups is 1. The van der Waals surface area contributed by atoms with Crippen molar-refractivity contribution in [1.29, 1.82) is 0 Å². The average Bonchev–Trinajstić information content (AvgIpc) is 3.00. The number of anilines is 1. The molecule has 1 aliphatic heterocycles. The fraction of sp³-hybridized carbons (Fsp3) is 0.231. The second kappa shape index (κ2) is 4.31. The Labute approximate surface area is 109 Å². The van der Waals surface area contributed by atoms with Crippen LogP contribution in [-0.2, 0) is 6.54 Å². The molecule has 0 radical (unpaired) electrons. The summed E-state index contributed by atoms with van der Waals surface area (Å²) in [5, 5.41) is 14.1. The minimum absolute atomic E-state index is 0.128. The van der Waals surface area contributed by atoms with E-state index >= 15 is 0 Å². The first kappa shape index (κ1) is 11.6. The van der Waals surface area contributed by atoms with E-state index in [1.807, 2.05) is 28.8 Å². The van der Waals surface area contributed by atoms with Gasteiger partial charge in [-0.05, 0) is 29.8 Å². The summed E-state index contributed by atoms with van der Waals surface area (Å²) >= 11 is 0. The molecule has 0 unspecified atom stereocenters. The predicted octanol–water partition coefficient (Wildman–Crippen LogP) is 2.50. The molecule has 19 heavy (non-hydrogen) atoms. The van der Waals surface area contributed by atoms with E-state index in [0.717, 1.165) is 30.1 Å². The van der Waals surface area contributed by atoms with Crippen LogP contribution in [0.4, 0.5) is 11.5 Å². The SMILES string of the molecule is COc1ccc(-c2cc([N+](=O)[O-])c3n2CCN3)cc1. The summed E-state index contributed by atoms with van der Waals surface area (Å²) in [7, 11) is 1.61. The second-order valence-corrected chi connectivity index (χ2v) is 4.33. The molecule has 0 bridgehead atoms. The number of hydrogen-bond acceptors (Lipinski definition) is 4. The zero-order valence-corrected chi connectivity index (χ0v) is 10.4. The van der Waals surface area contributed by atoms with E-state index in [9.17, 15) is 10.1 Å². The van der Waals surface area contributed by atoms with Crippen LogP contribution in [0.25, 0.3) is 11.3 Å². The van der Waals surface area contributed by atoms with Crippen LogP contribution in [0.3, 0.4) is 0 Å². The molecule has 6 heteroatoms. The number of rotatable bonds is 3. The van der Waals surface area contributed by atoms with Gasteiger partial charge in [-0.3, -0.25) is 10.1 Å². The molecule has 0 atom stereocenters. The Morgan fingerprint density at radius 2 is 2.11 bits per heavy atom. The van der Waals surface area contributed by atoms with Crippen molar-refractivity contribution < 1.29 is 9.66 Å². The second-order valence-electron chi connectivity index (χ2n) is 4.33. The average molecular weight is 259 g/mol. The molecular weight excluding hydrogens is 246 g/mol. The van der Waals surface area contributed by atoms with Gasteiger partial charge in [-0.15, -0.1) is 0 Å². The van der Waals surface area contributed by atoms with Gasteiger partial charge in [0.15, 0.2) is 5.82 Å². The van der Waals surface area contributed by atoms with Crippen LogP contribution in [0.5, 0.6) is 5.75 Å². The molecule has 1 aromatic carbocycles. The van der Waals surface area contributed by atoms with Crippen molar-refractivity contribution in [2.45, 2.75) is 6.54 Å². The van der Waals surface area contributed by atoms with Crippen molar-refractivity contribution in [3.8, 4) is 17.0 Å². The molecule has 0 saturated carbocycles. The Bertz CT molecular complexity index is 631. The number of nitrogens with zero attached hydrogens (tertiary/aromatic N) is 2. The predicted molar refractivity (Wildman–Crippen MR) is 71.6 cm³/mol. The first-order valence-electron chi connectivity index (χ1n) is 5.97. The highest BCUT2D eigenvalue weighted by Gasteiger charge is 2.27. The zero-order chi connectivity index (χ0) is 13.4. The van der Waals surface area contributed by atoms with E-state index in [1.54, 1.807) is 13.2 Å². The van der Waals surface area contributed by atoms with Crippen molar-refractivity contribution in [3.05, 3.63) is 40.4 Å². The van der Waals surface area contributed by atoms with Gasteiger partial charge in [0, 0.05) is 19.2 Å². The molecule has 0 aliphatic carbocycles. The van der Waals surface area contributed by atoms with Crippen molar-refractivity contribution >= 4 is 11.5 Å². The lowest BCUT2D eigenvalue weighted by Gasteiger charge is -2.05. The van der Waals surface area contributed by atoms with Crippen LogP contribution >= 0.6 is 0 Å². The third-order valence-corrected chi connectivity index (χ3v) is 3.29. The zero-order valence-electron chi connectivity index (χ0n) is 10.4. The molecule has 2 aromatic rings. The van der Waals surface area contributed by atoms with Crippen molar-refractivity contribution in [1.82, 2.24) is 4.57 Å². The quantitative estimate of drug-likeness (QED) is 0.679. The first-order valence-corrected chi connectivity index (χ1v) is 5.97. The number of methoxy groups -OCH3 is 1. The van der Waals surface area contributed by atoms with E-state index in [0.29, 0.717) is 5.82 Å². The van der Waals surface area contributed by atoms with Gasteiger partial charge >= 0.3 is 5.69 Å². The molecule has 0 fully saturated rings. The number of hydrogen-bond donors (Lipinski definition) is 1. The molecule has 6 nitrogen and oxygen atoms in total. The van der Waals surface area contributed by atoms with Gasteiger partial charge < -0.3 is 14.6 Å². The first-order chi connectivity index (χ1) is 9.20. The fourth-order valence-corrected chi connectivity index (χ4v) is 2.38. The minimum atomic E-state index is -0.350. The van der Waals surface area contributed by atoms with Crippen molar-refractivity contribution in [2.75, 3.05) is 19.0 Å². The van der Waals surface area contributed by atoms with Crippen LogP contribution in [0.2, 0.25) is 0 Å². The number of benzene rings is 1. The van der Waals surface area contributed by atoms with E-state index in [2.05, 4.69) is 5.32 Å². The van der Waals surface area contributed by atoms with Gasteiger partial charge in [0.05, 0.1) is 17.7 Å². The van der Waals surface area contributed by atoms with E-state index in [1.165, 1.54) is 0 Å². The maximum absolute atomic E-state index is 11.0. The summed E-state index contributed by atoms with van der Waals surface area (Å²) in [6, 6.07) is 9.13. The van der Waals surface area contributed by atoms with Crippen molar-refractivity contribution in [2.24, 2.45) is 0 Å². The maximum atomic E-state index is 11.0. The summed E-state index contributed by atoms with van der Waals surface area (Å²) in [4.78, 5) is 10.7. The monoisotopic (exact) mass is 259 g/mol. The maximum Gasteiger partial charge on any atom is 0.311 e. The number of fused-ring (bicyclic) bond motifs is 1. The van der Waals surface area contributed by atoms with Gasteiger partial charge in [0.1, 0.15) is 5.75 Å². The number of ether oxygens (including phenoxy) is 1. The third kappa shape index (κ3) is 1.81. The lowest BCUT2D eigenvalue weighted by Crippen LogP contribution is -1.96. The molecule has 0 amide bonds. The summed E-state index contributed by atoms with van der Waals surface area (Å²) in [6.07, 6.45) is 0. The minimum Gasteiger partial charge on any atom is -0.497 e. The van der Waals surface area contributed by atoms with Crippen LogP contribution in [-0.4, -0.2) is 23.1 Å². The smallest absolute Gasteiger partial charge is 0.311 e. The molecule has 98 valence electrons. The van der Waals surface area contributed by atoms with E-state index < -0.39 is 0 Å². The molecule has 3 rings (SSSR count). The van der Waals surface area contributed by atoms with Crippen LogP contribution in [0.1, 0.15) is 0 Å². The van der Waals surface area contributed by atoms with Crippen LogP contribution < -0.4 is 10.1 Å². The van der Waals surface area contributed by atoms with Crippen LogP contribution in [0.15, 0.2) is 30.3 Å². The topological polar surface area (TPSA) is 69.3 Å². The van der Waals surface area contributed by atoms with Crippen molar-refractivity contribution in [3.63, 3.8) is 0 Å². The highest BCUT2D eigenvalue weighted by atomic mass is 16.6. The fourth-order valence-electron chi connectivity index (χ4n) is 2.38. The lowest BCUT2D eigenvalue weighted by atomic mass is 10.1. The highest BCUT2D eigenvalue weighted by Crippen LogP contribution is 2.37. The molecular formula is C13H13N3O3. The molecule has 1 aromatic heterocycles. The Balaban J connectivity index is 2.09. The molecule has 1 aliphatic rings. The summed E-state index contributed by atoms with van der Waals surface area (Å²) in [5.74, 6) is 1.36. The Kier molecular flexibility index (Phi) is 2.63. The van der Waals surface area contributed by atoms with Gasteiger partial charge in [0.2, 0.25) is 0 Å². The van der Waals surface area contributed by atoms with Gasteiger partial charge in [-0.25, -0.2) is 0 Å². The molecule has 1 N–H and O–H groups in total. The van der Waals surface area contributed by atoms with Gasteiger partial charge in [0.25, 0.3) is 0 Å². The summed E-state index contributed by atoms with van der Waals surface area (Å²) < 4.78 is 7.06. The number of aromatic nitrogens is 1. The summed E-state index contributed by atoms with van der Waals surface area (Å²) in [5.41, 5.74) is 1.93. The third-order valence-electron chi connectivity index (χ3n) is 3.29. The normalized spacial score (nSPS) is 12.9. The Hall–Kier alpha value is -2.50. The van der Waals surface area contributed by atoms with Gasteiger partial charge in [-0.1, -0.05) is 0 Å². The largest absolute Gasteiger partial charge is 0.497 e. The highest BCUT2D eigenvalue weighted by molar-refractivity contribution is 5.74. The van der Waals surface area contributed by atoms with Crippen LogP contribution in [0, 0.1) is 10.1 Å².